The fourth-order valence-corrected chi connectivity index (χ4v) is 2.26. The smallest absolute Gasteiger partial charge is 0.285 e. The molecule has 1 aromatic heterocycles. The van der Waals surface area contributed by atoms with Gasteiger partial charge in [-0.2, -0.15) is 5.10 Å². The van der Waals surface area contributed by atoms with Crippen LogP contribution in [0.1, 0.15) is 12.5 Å². The van der Waals surface area contributed by atoms with Gasteiger partial charge in [0.05, 0.1) is 11.9 Å². The lowest BCUT2D eigenvalue weighted by atomic mass is 9.96. The Morgan fingerprint density at radius 1 is 1.40 bits per heavy atom. The molecule has 0 aliphatic rings. The molecule has 0 saturated carbocycles. The maximum Gasteiger partial charge on any atom is 0.285 e. The molecule has 2 aromatic rings. The zero-order valence-corrected chi connectivity index (χ0v) is 12.2. The number of anilines is 1. The molecule has 7 heteroatoms. The van der Waals surface area contributed by atoms with Gasteiger partial charge in [-0.05, 0) is 13.0 Å². The van der Waals surface area contributed by atoms with Gasteiger partial charge in [-0.25, -0.2) is 5.10 Å². The van der Waals surface area contributed by atoms with Gasteiger partial charge in [0.1, 0.15) is 10.6 Å². The average Bonchev–Trinajstić information content (AvgIpc) is 2.41. The number of halogens is 2. The van der Waals surface area contributed by atoms with Crippen molar-refractivity contribution in [1.29, 1.82) is 0 Å². The first-order valence-corrected chi connectivity index (χ1v) is 6.62. The van der Waals surface area contributed by atoms with Crippen LogP contribution in [0.15, 0.2) is 35.3 Å². The standard InChI is InChI=1S/C13H13Cl2N3O2/c1-13(20,8-4-2-3-5-9(8)14)7-16-10-6-17-18-12(19)11(10)15/h2-6,20H,7H2,1H3,(H2,16,18,19). The first kappa shape index (κ1) is 14.8. The van der Waals surface area contributed by atoms with Gasteiger partial charge in [0.15, 0.2) is 0 Å². The van der Waals surface area contributed by atoms with E-state index >= 15 is 0 Å². The lowest BCUT2D eigenvalue weighted by Gasteiger charge is -2.25. The Morgan fingerprint density at radius 3 is 2.80 bits per heavy atom. The number of hydrogen-bond acceptors (Lipinski definition) is 4. The lowest BCUT2D eigenvalue weighted by molar-refractivity contribution is 0.0716. The molecule has 0 aliphatic heterocycles. The summed E-state index contributed by atoms with van der Waals surface area (Å²) in [5.41, 5.74) is -0.774. The Kier molecular flexibility index (Phi) is 4.32. The second-order valence-corrected chi connectivity index (χ2v) is 5.32. The highest BCUT2D eigenvalue weighted by Crippen LogP contribution is 2.28. The number of H-pyrrole nitrogens is 1. The van der Waals surface area contributed by atoms with Gasteiger partial charge in [-0.15, -0.1) is 0 Å². The van der Waals surface area contributed by atoms with E-state index in [1.54, 1.807) is 31.2 Å². The fourth-order valence-electron chi connectivity index (χ4n) is 1.77. The summed E-state index contributed by atoms with van der Waals surface area (Å²) >= 11 is 11.9. The summed E-state index contributed by atoms with van der Waals surface area (Å²) in [6.45, 7) is 1.75. The summed E-state index contributed by atoms with van der Waals surface area (Å²) in [6, 6.07) is 7.01. The van der Waals surface area contributed by atoms with Gasteiger partial charge in [-0.3, -0.25) is 4.79 Å². The minimum atomic E-state index is -1.22. The molecule has 0 spiro atoms. The van der Waals surface area contributed by atoms with Crippen LogP contribution in [0.5, 0.6) is 0 Å². The number of aromatic nitrogens is 2. The first-order chi connectivity index (χ1) is 9.42. The van der Waals surface area contributed by atoms with E-state index in [2.05, 4.69) is 15.5 Å². The van der Waals surface area contributed by atoms with Crippen LogP contribution < -0.4 is 10.9 Å². The van der Waals surface area contributed by atoms with Crippen LogP contribution in [-0.2, 0) is 5.60 Å². The number of benzene rings is 1. The Balaban J connectivity index is 2.19. The van der Waals surface area contributed by atoms with Crippen molar-refractivity contribution in [3.63, 3.8) is 0 Å². The number of hydrogen-bond donors (Lipinski definition) is 3. The number of nitrogens with zero attached hydrogens (tertiary/aromatic N) is 1. The molecular weight excluding hydrogens is 301 g/mol. The molecule has 0 fully saturated rings. The summed E-state index contributed by atoms with van der Waals surface area (Å²) in [7, 11) is 0. The molecule has 106 valence electrons. The summed E-state index contributed by atoms with van der Waals surface area (Å²) < 4.78 is 0. The third kappa shape index (κ3) is 3.12. The molecular formula is C13H13Cl2N3O2. The van der Waals surface area contributed by atoms with Crippen molar-refractivity contribution >= 4 is 28.9 Å². The maximum absolute atomic E-state index is 11.3. The molecule has 0 saturated heterocycles. The van der Waals surface area contributed by atoms with E-state index in [1.807, 2.05) is 0 Å². The monoisotopic (exact) mass is 313 g/mol. The quantitative estimate of drug-likeness (QED) is 0.810. The van der Waals surface area contributed by atoms with Crippen molar-refractivity contribution in [3.8, 4) is 0 Å². The highest BCUT2D eigenvalue weighted by molar-refractivity contribution is 6.33. The molecule has 1 heterocycles. The SMILES string of the molecule is CC(O)(CNc1cn[nH]c(=O)c1Cl)c1ccccc1Cl. The molecule has 20 heavy (non-hydrogen) atoms. The van der Waals surface area contributed by atoms with E-state index in [4.69, 9.17) is 23.2 Å². The predicted molar refractivity (Wildman–Crippen MR) is 79.4 cm³/mol. The zero-order chi connectivity index (χ0) is 14.8. The Labute approximate surface area is 125 Å². The van der Waals surface area contributed by atoms with Crippen LogP contribution in [0, 0.1) is 0 Å². The molecule has 0 bridgehead atoms. The average molecular weight is 314 g/mol. The van der Waals surface area contributed by atoms with Crippen LogP contribution in [0.3, 0.4) is 0 Å². The molecule has 0 radical (unpaired) electrons. The molecule has 5 nitrogen and oxygen atoms in total. The minimum absolute atomic E-state index is 0.00467. The van der Waals surface area contributed by atoms with Crippen molar-refractivity contribution < 1.29 is 5.11 Å². The molecule has 0 amide bonds. The lowest BCUT2D eigenvalue weighted by Crippen LogP contribution is -2.31. The number of rotatable bonds is 4. The molecule has 1 aromatic carbocycles. The fraction of sp³-hybridized carbons (Fsp3) is 0.231. The molecule has 1 unspecified atom stereocenters. The van der Waals surface area contributed by atoms with E-state index in [-0.39, 0.29) is 11.6 Å². The minimum Gasteiger partial charge on any atom is -0.384 e. The number of aliphatic hydroxyl groups is 1. The van der Waals surface area contributed by atoms with Crippen LogP contribution in [0.25, 0.3) is 0 Å². The number of aromatic amines is 1. The Bertz CT molecular complexity index is 671. The van der Waals surface area contributed by atoms with Gasteiger partial charge in [0, 0.05) is 17.1 Å². The topological polar surface area (TPSA) is 78.0 Å². The summed E-state index contributed by atoms with van der Waals surface area (Å²) in [6.07, 6.45) is 1.38. The second-order valence-electron chi connectivity index (χ2n) is 4.53. The normalized spacial score (nSPS) is 13.8. The summed E-state index contributed by atoms with van der Waals surface area (Å²) in [5, 5.41) is 19.7. The molecule has 1 atom stereocenters. The van der Waals surface area contributed by atoms with Gasteiger partial charge in [-0.1, -0.05) is 41.4 Å². The van der Waals surface area contributed by atoms with Crippen molar-refractivity contribution in [2.75, 3.05) is 11.9 Å². The first-order valence-electron chi connectivity index (χ1n) is 5.86. The van der Waals surface area contributed by atoms with Crippen LogP contribution in [0.2, 0.25) is 10.0 Å². The van der Waals surface area contributed by atoms with E-state index in [0.29, 0.717) is 16.3 Å². The third-order valence-corrected chi connectivity index (χ3v) is 3.58. The van der Waals surface area contributed by atoms with Crippen molar-refractivity contribution in [2.24, 2.45) is 0 Å². The van der Waals surface area contributed by atoms with Gasteiger partial charge < -0.3 is 10.4 Å². The van der Waals surface area contributed by atoms with Crippen LogP contribution >= 0.6 is 23.2 Å². The van der Waals surface area contributed by atoms with Crippen molar-refractivity contribution in [3.05, 3.63) is 56.4 Å². The predicted octanol–water partition coefficient (Wildman–Crippen LogP) is 2.40. The van der Waals surface area contributed by atoms with E-state index in [1.165, 1.54) is 6.20 Å². The zero-order valence-electron chi connectivity index (χ0n) is 10.7. The van der Waals surface area contributed by atoms with Gasteiger partial charge in [0.2, 0.25) is 0 Å². The Morgan fingerprint density at radius 2 is 2.10 bits per heavy atom. The summed E-state index contributed by atoms with van der Waals surface area (Å²) in [4.78, 5) is 11.3. The van der Waals surface area contributed by atoms with Crippen molar-refractivity contribution in [2.45, 2.75) is 12.5 Å². The van der Waals surface area contributed by atoms with Gasteiger partial charge >= 0.3 is 0 Å². The third-order valence-electron chi connectivity index (χ3n) is 2.87. The molecule has 0 aliphatic carbocycles. The Hall–Kier alpha value is -1.56. The van der Waals surface area contributed by atoms with Crippen LogP contribution in [0.4, 0.5) is 5.69 Å². The van der Waals surface area contributed by atoms with Gasteiger partial charge in [0.25, 0.3) is 5.56 Å². The highest BCUT2D eigenvalue weighted by Gasteiger charge is 2.25. The van der Waals surface area contributed by atoms with E-state index in [0.717, 1.165) is 0 Å². The molecule has 2 rings (SSSR count). The maximum atomic E-state index is 11.3. The second kappa shape index (κ2) is 5.83. The summed E-state index contributed by atoms with van der Waals surface area (Å²) in [5.74, 6) is 0. The highest BCUT2D eigenvalue weighted by atomic mass is 35.5. The number of nitrogens with one attached hydrogen (secondary N) is 2. The van der Waals surface area contributed by atoms with E-state index in [9.17, 15) is 9.90 Å². The van der Waals surface area contributed by atoms with Crippen LogP contribution in [-0.4, -0.2) is 21.8 Å². The van der Waals surface area contributed by atoms with E-state index < -0.39 is 11.2 Å². The molecule has 3 N–H and O–H groups in total. The largest absolute Gasteiger partial charge is 0.384 e. The van der Waals surface area contributed by atoms with Crippen molar-refractivity contribution in [1.82, 2.24) is 10.2 Å².